The van der Waals surface area contributed by atoms with Crippen molar-refractivity contribution in [2.24, 2.45) is 0 Å². The third-order valence-electron chi connectivity index (χ3n) is 23.9. The Morgan fingerprint density at radius 1 is 0.175 bits per heavy atom. The third kappa shape index (κ3) is 11.4. The van der Waals surface area contributed by atoms with Gasteiger partial charge < -0.3 is 13.7 Å². The lowest BCUT2D eigenvalue weighted by molar-refractivity contribution is 1.07. The van der Waals surface area contributed by atoms with Crippen LogP contribution in [0.15, 0.2) is 406 Å². The molecule has 25 aromatic rings. The zero-order valence-electron chi connectivity index (χ0n) is 64.6. The summed E-state index contributed by atoms with van der Waals surface area (Å²) in [6, 6.07) is 145. The number of fused-ring (bicyclic) bond motifs is 17. The minimum Gasteiger partial charge on any atom is -0.309 e. The molecule has 0 amide bonds. The molecule has 10 heteroatoms. The average Bonchev–Trinajstić information content (AvgIpc) is 1.75. The molecule has 0 radical (unpaired) electrons. The smallest absolute Gasteiger partial charge is 0.166 e. The van der Waals surface area contributed by atoms with E-state index in [2.05, 4.69) is 414 Å². The first-order chi connectivity index (χ1) is 59.5. The topological polar surface area (TPSA) is 92.1 Å². The highest BCUT2D eigenvalue weighted by Crippen LogP contribution is 2.47. The van der Waals surface area contributed by atoms with Crippen LogP contribution in [-0.2, 0) is 0 Å². The lowest BCUT2D eigenvalue weighted by Crippen LogP contribution is -2.05. The van der Waals surface area contributed by atoms with Crippen LogP contribution in [0.25, 0.3) is 236 Å². The first kappa shape index (κ1) is 68.5. The zero-order valence-corrected chi connectivity index (χ0v) is 65.4. The second-order valence-corrected chi connectivity index (χ2v) is 31.9. The van der Waals surface area contributed by atoms with Crippen molar-refractivity contribution >= 4 is 151 Å². The van der Waals surface area contributed by atoms with Gasteiger partial charge in [-0.1, -0.05) is 309 Å². The maximum absolute atomic E-state index is 5.56. The normalized spacial score (nSPS) is 11.8. The highest BCUT2D eigenvalue weighted by molar-refractivity contribution is 7.25. The molecule has 0 spiro atoms. The van der Waals surface area contributed by atoms with Gasteiger partial charge in [0.15, 0.2) is 34.9 Å². The number of nitrogens with zero attached hydrogens (tertiary/aromatic N) is 9. The summed E-state index contributed by atoms with van der Waals surface area (Å²) in [5.41, 5.74) is 17.7. The van der Waals surface area contributed by atoms with Crippen LogP contribution in [-0.4, -0.2) is 43.6 Å². The Bertz CT molecular complexity index is 8510. The van der Waals surface area contributed by atoms with Crippen LogP contribution in [0.3, 0.4) is 0 Å². The van der Waals surface area contributed by atoms with E-state index in [0.29, 0.717) is 34.9 Å². The molecule has 0 atom stereocenters. The molecule has 9 nitrogen and oxygen atoms in total. The summed E-state index contributed by atoms with van der Waals surface area (Å²) < 4.78 is 9.68. The Balaban J connectivity index is 0.000000137. The zero-order chi connectivity index (χ0) is 78.9. The monoisotopic (exact) mass is 1550 g/mol. The van der Waals surface area contributed by atoms with Gasteiger partial charge in [-0.2, -0.15) is 0 Å². The predicted molar refractivity (Wildman–Crippen MR) is 501 cm³/mol. The Hall–Kier alpha value is -15.9. The van der Waals surface area contributed by atoms with Gasteiger partial charge in [-0.25, -0.2) is 29.9 Å². The quantitative estimate of drug-likeness (QED) is 0.135. The van der Waals surface area contributed by atoms with Crippen molar-refractivity contribution in [2.45, 2.75) is 0 Å². The van der Waals surface area contributed by atoms with Crippen molar-refractivity contribution in [1.82, 2.24) is 43.6 Å². The fraction of sp³-hybridized carbons (Fsp3) is 0. The lowest BCUT2D eigenvalue weighted by atomic mass is 10.0. The molecular formula is C110H67N9S. The van der Waals surface area contributed by atoms with Crippen molar-refractivity contribution in [3.63, 3.8) is 0 Å². The number of para-hydroxylation sites is 5. The van der Waals surface area contributed by atoms with E-state index in [1.807, 2.05) is 6.07 Å². The Morgan fingerprint density at radius 2 is 0.550 bits per heavy atom. The van der Waals surface area contributed by atoms with E-state index >= 15 is 0 Å². The second kappa shape index (κ2) is 28.0. The lowest BCUT2D eigenvalue weighted by Gasteiger charge is -2.18. The summed E-state index contributed by atoms with van der Waals surface area (Å²) in [5.74, 6) is 3.70. The van der Waals surface area contributed by atoms with Crippen LogP contribution in [0.5, 0.6) is 0 Å². The van der Waals surface area contributed by atoms with Crippen LogP contribution in [0.4, 0.5) is 0 Å². The minimum atomic E-state index is 0.602. The van der Waals surface area contributed by atoms with Gasteiger partial charge in [0.05, 0.1) is 44.5 Å². The molecule has 0 bridgehead atoms. The maximum atomic E-state index is 5.56. The molecular weight excluding hydrogens is 1480 g/mol. The first-order valence-electron chi connectivity index (χ1n) is 40.5. The van der Waals surface area contributed by atoms with Crippen molar-refractivity contribution in [3.8, 4) is 96.5 Å². The summed E-state index contributed by atoms with van der Waals surface area (Å²) in [6.45, 7) is 0. The molecule has 0 saturated heterocycles. The summed E-state index contributed by atoms with van der Waals surface area (Å²) in [4.78, 5) is 32.5. The molecule has 6 aromatic heterocycles. The summed E-state index contributed by atoms with van der Waals surface area (Å²) >= 11 is 1.80. The fourth-order valence-electron chi connectivity index (χ4n) is 18.4. The first-order valence-corrected chi connectivity index (χ1v) is 41.4. The molecule has 0 aliphatic heterocycles. The van der Waals surface area contributed by atoms with Crippen LogP contribution in [0.1, 0.15) is 0 Å². The number of aromatic nitrogens is 9. The van der Waals surface area contributed by atoms with E-state index in [1.165, 1.54) is 74.0 Å². The van der Waals surface area contributed by atoms with Gasteiger partial charge in [-0.05, 0) is 151 Å². The van der Waals surface area contributed by atoms with Crippen LogP contribution < -0.4 is 0 Å². The van der Waals surface area contributed by atoms with Gasteiger partial charge >= 0.3 is 0 Å². The van der Waals surface area contributed by atoms with Crippen molar-refractivity contribution in [3.05, 3.63) is 406 Å². The van der Waals surface area contributed by atoms with Crippen LogP contribution >= 0.6 is 11.3 Å². The molecule has 558 valence electrons. The molecule has 0 aliphatic carbocycles. The molecule has 19 aromatic carbocycles. The van der Waals surface area contributed by atoms with Crippen molar-refractivity contribution in [1.29, 1.82) is 0 Å². The average molecular weight is 1550 g/mol. The molecule has 0 aliphatic rings. The Morgan fingerprint density at radius 3 is 1.13 bits per heavy atom. The Labute approximate surface area is 692 Å². The molecule has 0 saturated carbocycles. The molecule has 25 rings (SSSR count). The van der Waals surface area contributed by atoms with Gasteiger partial charge in [0.25, 0.3) is 0 Å². The largest absolute Gasteiger partial charge is 0.309 e. The maximum Gasteiger partial charge on any atom is 0.166 e. The number of benzene rings is 19. The second-order valence-electron chi connectivity index (χ2n) is 30.8. The SMILES string of the molecule is c1ccc(-c2cccc(-c3nc(-c4ccc5c(c4)sc4ccccc45)nc(-c4ccc5ccccc5c4-n4c5ccccc5c5cc6ccccc6cc54)n3)c2)cc1.c1ccc(-n2c3ccccc3c3cccc(-c4nc(-c5ccc6ccccc6c5)nc(-c5ccc6ccccc6c5-n5c6ccccc6c6cc7ccccc7cc65)n4)c32)cc1. The highest BCUT2D eigenvalue weighted by Gasteiger charge is 2.27. The molecule has 0 N–H and O–H groups in total. The van der Waals surface area contributed by atoms with Crippen LogP contribution in [0.2, 0.25) is 0 Å². The van der Waals surface area contributed by atoms with Gasteiger partial charge in [0, 0.05) is 102 Å². The number of hydrogen-bond donors (Lipinski definition) is 0. The van der Waals surface area contributed by atoms with Gasteiger partial charge in [0.1, 0.15) is 0 Å². The van der Waals surface area contributed by atoms with E-state index < -0.39 is 0 Å². The van der Waals surface area contributed by atoms with E-state index in [9.17, 15) is 0 Å². The van der Waals surface area contributed by atoms with E-state index in [-0.39, 0.29) is 0 Å². The highest BCUT2D eigenvalue weighted by atomic mass is 32.1. The summed E-state index contributed by atoms with van der Waals surface area (Å²) in [7, 11) is 0. The van der Waals surface area contributed by atoms with Gasteiger partial charge in [-0.15, -0.1) is 11.3 Å². The summed E-state index contributed by atoms with van der Waals surface area (Å²) in [5, 5.41) is 21.3. The minimum absolute atomic E-state index is 0.602. The van der Waals surface area contributed by atoms with Gasteiger partial charge in [-0.3, -0.25) is 0 Å². The summed E-state index contributed by atoms with van der Waals surface area (Å²) in [6.07, 6.45) is 0. The number of rotatable bonds is 10. The van der Waals surface area contributed by atoms with E-state index in [1.54, 1.807) is 11.3 Å². The van der Waals surface area contributed by atoms with Crippen molar-refractivity contribution in [2.75, 3.05) is 0 Å². The van der Waals surface area contributed by atoms with E-state index in [4.69, 9.17) is 29.9 Å². The molecule has 0 fully saturated rings. The molecule has 6 heterocycles. The van der Waals surface area contributed by atoms with Crippen LogP contribution in [0, 0.1) is 0 Å². The molecule has 0 unspecified atom stereocenters. The predicted octanol–water partition coefficient (Wildman–Crippen LogP) is 28.8. The number of thiophene rings is 1. The Kier molecular flexibility index (Phi) is 16.0. The van der Waals surface area contributed by atoms with E-state index in [0.717, 1.165) is 127 Å². The standard InChI is InChI=1S/C57H35N5.C53H32N4S/c1-2-20-42(21-3-1)61-50-27-12-10-23-44(50)46-25-14-26-47(54(46)61)56-58-55(41-30-29-36-15-4-5-17-38(36)33-41)59-57(60-56)48-32-31-37-16-8-9-22-43(37)53(48)62-51-28-13-11-24-45(51)49-34-39-18-6-7-19-40(39)35-52(49)62;1-2-13-33(14-3-1)35-18-12-19-38(29-35)51-54-52(39-26-27-43-42-22-9-11-24-48(42)58-49(43)32-39)56-53(55-51)44-28-25-34-15-6-7-20-40(34)50(44)57-46-23-10-8-21-41(46)45-30-36-16-4-5-17-37(36)31-47(45)57/h1-35H;1-32H. The van der Waals surface area contributed by atoms with Gasteiger partial charge in [0.2, 0.25) is 0 Å². The van der Waals surface area contributed by atoms with Crippen molar-refractivity contribution < 1.29 is 0 Å². The fourth-order valence-corrected chi connectivity index (χ4v) is 19.5. The number of hydrogen-bond acceptors (Lipinski definition) is 7. The molecule has 120 heavy (non-hydrogen) atoms. The third-order valence-corrected chi connectivity index (χ3v) is 25.0.